The second-order valence-electron chi connectivity index (χ2n) is 7.75. The summed E-state index contributed by atoms with van der Waals surface area (Å²) < 4.78 is 1.05. The van der Waals surface area contributed by atoms with Crippen LogP contribution in [0.2, 0.25) is 0 Å². The van der Waals surface area contributed by atoms with Gasteiger partial charge in [0.2, 0.25) is 5.91 Å². The monoisotopic (exact) mass is 410 g/mol. The molecule has 0 spiro atoms. The number of halogens is 1. The molecule has 2 heterocycles. The molecule has 1 atom stereocenters. The number of carbonyl (C=O) groups is 1. The third-order valence-corrected chi connectivity index (χ3v) is 6.25. The molecule has 1 N–H and O–H groups in total. The number of fused-ring (bicyclic) bond motifs is 3. The Labute approximate surface area is 163 Å². The van der Waals surface area contributed by atoms with E-state index in [0.29, 0.717) is 6.42 Å². The van der Waals surface area contributed by atoms with Crippen molar-refractivity contribution in [1.82, 2.24) is 5.32 Å². The number of amides is 1. The smallest absolute Gasteiger partial charge is 0.223 e. The molecule has 0 aliphatic carbocycles. The van der Waals surface area contributed by atoms with Gasteiger partial charge in [0.1, 0.15) is 5.66 Å². The number of nitrogens with zero attached hydrogens (tertiary/aromatic N) is 1. The maximum atomic E-state index is 12.4. The molecule has 0 unspecified atom stereocenters. The highest BCUT2D eigenvalue weighted by molar-refractivity contribution is 9.10. The lowest BCUT2D eigenvalue weighted by atomic mass is 9.74. The number of nitrogens with one attached hydrogen (secondary N) is 1. The van der Waals surface area contributed by atoms with E-state index in [1.807, 2.05) is 12.1 Å². The Kier molecular flexibility index (Phi) is 3.99. The summed E-state index contributed by atoms with van der Waals surface area (Å²) in [6, 6.07) is 14.8. The first-order valence-electron chi connectivity index (χ1n) is 8.98. The zero-order valence-corrected chi connectivity index (χ0v) is 16.9. The first kappa shape index (κ1) is 17.3. The molecule has 26 heavy (non-hydrogen) atoms. The molecule has 2 aliphatic rings. The normalized spacial score (nSPS) is 23.7. The van der Waals surface area contributed by atoms with E-state index in [2.05, 4.69) is 89.4 Å². The third-order valence-electron chi connectivity index (χ3n) is 5.75. The topological polar surface area (TPSA) is 32.3 Å². The molecule has 0 radical (unpaired) electrons. The number of carbonyl (C=O) groups excluding carboxylic acids is 1. The summed E-state index contributed by atoms with van der Waals surface area (Å²) in [4.78, 5) is 14.8. The molecular weight excluding hydrogens is 388 g/mol. The predicted octanol–water partition coefficient (Wildman–Crippen LogP) is 4.78. The third kappa shape index (κ3) is 2.50. The highest BCUT2D eigenvalue weighted by Gasteiger charge is 2.57. The van der Waals surface area contributed by atoms with Gasteiger partial charge in [0.15, 0.2) is 0 Å². The van der Waals surface area contributed by atoms with E-state index in [1.165, 1.54) is 16.8 Å². The van der Waals surface area contributed by atoms with E-state index >= 15 is 0 Å². The fraction of sp³-hybridized carbons (Fsp3) is 0.318. The van der Waals surface area contributed by atoms with Gasteiger partial charge in [0, 0.05) is 28.5 Å². The van der Waals surface area contributed by atoms with Crippen molar-refractivity contribution in [3.63, 3.8) is 0 Å². The van der Waals surface area contributed by atoms with Crippen molar-refractivity contribution in [2.45, 2.75) is 38.3 Å². The molecule has 4 rings (SSSR count). The standard InChI is InChI=1S/C22H23BrN2O/c1-15-7-8-19-18(13-15)21(2,3)22(24-20(26)10-12-25(19)22)11-9-16-5-4-6-17(23)14-16/h4-9,11,13-14H,10,12H2,1-3H3,(H,24,26)/b11-9+/t22-/m1/s1. The predicted molar refractivity (Wildman–Crippen MR) is 110 cm³/mol. The van der Waals surface area contributed by atoms with Crippen molar-refractivity contribution in [1.29, 1.82) is 0 Å². The van der Waals surface area contributed by atoms with Gasteiger partial charge < -0.3 is 10.2 Å². The number of rotatable bonds is 2. The number of hydrogen-bond donors (Lipinski definition) is 1. The second kappa shape index (κ2) is 5.98. The number of benzene rings is 2. The van der Waals surface area contributed by atoms with Gasteiger partial charge in [-0.3, -0.25) is 4.79 Å². The molecule has 2 aliphatic heterocycles. The van der Waals surface area contributed by atoms with Crippen molar-refractivity contribution in [2.75, 3.05) is 11.4 Å². The van der Waals surface area contributed by atoms with E-state index in [4.69, 9.17) is 0 Å². The minimum Gasteiger partial charge on any atom is -0.344 e. The van der Waals surface area contributed by atoms with E-state index < -0.39 is 5.66 Å². The zero-order valence-electron chi connectivity index (χ0n) is 15.3. The van der Waals surface area contributed by atoms with Crippen LogP contribution in [0.5, 0.6) is 0 Å². The fourth-order valence-corrected chi connectivity index (χ4v) is 4.71. The summed E-state index contributed by atoms with van der Waals surface area (Å²) >= 11 is 3.53. The molecule has 1 saturated heterocycles. The SMILES string of the molecule is Cc1ccc2c(c1)C(C)(C)[C@]1(/C=C/c3cccc(Br)c3)NC(=O)CCN21. The van der Waals surface area contributed by atoms with Crippen LogP contribution in [-0.2, 0) is 10.2 Å². The van der Waals surface area contributed by atoms with Crippen molar-refractivity contribution < 1.29 is 4.79 Å². The van der Waals surface area contributed by atoms with Gasteiger partial charge in [-0.1, -0.05) is 65.7 Å². The van der Waals surface area contributed by atoms with Crippen molar-refractivity contribution in [2.24, 2.45) is 0 Å². The van der Waals surface area contributed by atoms with Gasteiger partial charge in [0.25, 0.3) is 0 Å². The number of anilines is 1. The molecule has 2 aromatic carbocycles. The average Bonchev–Trinajstić information content (AvgIpc) is 2.78. The Morgan fingerprint density at radius 1 is 1.19 bits per heavy atom. The van der Waals surface area contributed by atoms with Gasteiger partial charge in [-0.2, -0.15) is 0 Å². The number of aryl methyl sites for hydroxylation is 1. The molecule has 1 amide bonds. The highest BCUT2D eigenvalue weighted by atomic mass is 79.9. The molecule has 1 fully saturated rings. The second-order valence-corrected chi connectivity index (χ2v) is 8.67. The van der Waals surface area contributed by atoms with Crippen LogP contribution in [0, 0.1) is 6.92 Å². The Morgan fingerprint density at radius 2 is 2.00 bits per heavy atom. The van der Waals surface area contributed by atoms with E-state index in [9.17, 15) is 4.79 Å². The maximum Gasteiger partial charge on any atom is 0.223 e. The molecule has 0 bridgehead atoms. The lowest BCUT2D eigenvalue weighted by molar-refractivity contribution is -0.124. The molecular formula is C22H23BrN2O. The molecule has 0 saturated carbocycles. The lowest BCUT2D eigenvalue weighted by Crippen LogP contribution is -2.68. The van der Waals surface area contributed by atoms with Gasteiger partial charge in [-0.05, 0) is 42.3 Å². The first-order chi connectivity index (χ1) is 12.3. The zero-order chi connectivity index (χ0) is 18.5. The van der Waals surface area contributed by atoms with Crippen LogP contribution < -0.4 is 10.2 Å². The summed E-state index contributed by atoms with van der Waals surface area (Å²) in [6.07, 6.45) is 4.81. The summed E-state index contributed by atoms with van der Waals surface area (Å²) in [5.74, 6) is 0.109. The largest absolute Gasteiger partial charge is 0.344 e. The molecule has 3 nitrogen and oxygen atoms in total. The maximum absolute atomic E-state index is 12.4. The summed E-state index contributed by atoms with van der Waals surface area (Å²) in [5, 5.41) is 3.32. The van der Waals surface area contributed by atoms with Crippen molar-refractivity contribution in [3.05, 3.63) is 69.7 Å². The van der Waals surface area contributed by atoms with Crippen LogP contribution in [-0.4, -0.2) is 18.1 Å². The Morgan fingerprint density at radius 3 is 2.77 bits per heavy atom. The van der Waals surface area contributed by atoms with Gasteiger partial charge in [-0.15, -0.1) is 0 Å². The fourth-order valence-electron chi connectivity index (χ4n) is 4.29. The quantitative estimate of drug-likeness (QED) is 0.771. The van der Waals surface area contributed by atoms with Crippen LogP contribution in [0.3, 0.4) is 0 Å². The van der Waals surface area contributed by atoms with Gasteiger partial charge >= 0.3 is 0 Å². The lowest BCUT2D eigenvalue weighted by Gasteiger charge is -2.49. The van der Waals surface area contributed by atoms with Gasteiger partial charge in [0.05, 0.1) is 0 Å². The van der Waals surface area contributed by atoms with Crippen LogP contribution in [0.1, 0.15) is 37.0 Å². The number of hydrogen-bond acceptors (Lipinski definition) is 2. The Hall–Kier alpha value is -2.07. The molecule has 134 valence electrons. The Balaban J connectivity index is 1.86. The van der Waals surface area contributed by atoms with Crippen LogP contribution in [0.25, 0.3) is 6.08 Å². The van der Waals surface area contributed by atoms with Crippen molar-refractivity contribution in [3.8, 4) is 0 Å². The Bertz CT molecular complexity index is 918. The van der Waals surface area contributed by atoms with Gasteiger partial charge in [-0.25, -0.2) is 0 Å². The highest BCUT2D eigenvalue weighted by Crippen LogP contribution is 2.52. The summed E-state index contributed by atoms with van der Waals surface area (Å²) in [7, 11) is 0. The minimum atomic E-state index is -0.555. The van der Waals surface area contributed by atoms with E-state index in [1.54, 1.807) is 0 Å². The van der Waals surface area contributed by atoms with E-state index in [-0.39, 0.29) is 11.3 Å². The van der Waals surface area contributed by atoms with E-state index in [0.717, 1.165) is 16.6 Å². The molecule has 4 heteroatoms. The summed E-state index contributed by atoms with van der Waals surface area (Å²) in [5.41, 5.74) is 4.07. The van der Waals surface area contributed by atoms with Crippen LogP contribution >= 0.6 is 15.9 Å². The minimum absolute atomic E-state index is 0.109. The summed E-state index contributed by atoms with van der Waals surface area (Å²) in [6.45, 7) is 7.30. The van der Waals surface area contributed by atoms with Crippen LogP contribution in [0.15, 0.2) is 53.0 Å². The van der Waals surface area contributed by atoms with Crippen molar-refractivity contribution >= 4 is 33.6 Å². The first-order valence-corrected chi connectivity index (χ1v) is 9.77. The molecule has 0 aromatic heterocycles. The van der Waals surface area contributed by atoms with Crippen LogP contribution in [0.4, 0.5) is 5.69 Å². The molecule has 2 aromatic rings. The average molecular weight is 411 g/mol.